The fourth-order valence-corrected chi connectivity index (χ4v) is 2.58. The van der Waals surface area contributed by atoms with Gasteiger partial charge in [-0.3, -0.25) is 4.79 Å². The second-order valence-electron chi connectivity index (χ2n) is 7.25. The predicted octanol–water partition coefficient (Wildman–Crippen LogP) is 3.66. The van der Waals surface area contributed by atoms with Crippen molar-refractivity contribution >= 4 is 11.6 Å². The van der Waals surface area contributed by atoms with Crippen molar-refractivity contribution in [1.29, 1.82) is 0 Å². The highest BCUT2D eigenvalue weighted by Crippen LogP contribution is 2.27. The summed E-state index contributed by atoms with van der Waals surface area (Å²) >= 11 is 0. The predicted molar refractivity (Wildman–Crippen MR) is 81.2 cm³/mol. The van der Waals surface area contributed by atoms with Gasteiger partial charge in [-0.2, -0.15) is 0 Å². The van der Waals surface area contributed by atoms with Crippen LogP contribution in [0.5, 0.6) is 0 Å². The largest absolute Gasteiger partial charge is 0.398 e. The van der Waals surface area contributed by atoms with Gasteiger partial charge in [0.2, 0.25) is 0 Å². The number of rotatable bonds is 3. The minimum atomic E-state index is -0.455. The fourth-order valence-electron chi connectivity index (χ4n) is 2.58. The monoisotopic (exact) mass is 280 g/mol. The van der Waals surface area contributed by atoms with Gasteiger partial charge in [0.1, 0.15) is 5.82 Å². The lowest BCUT2D eigenvalue weighted by Gasteiger charge is -2.33. The van der Waals surface area contributed by atoms with Crippen LogP contribution in [0, 0.1) is 18.2 Å². The van der Waals surface area contributed by atoms with Gasteiger partial charge in [-0.05, 0) is 44.7 Å². The van der Waals surface area contributed by atoms with Crippen molar-refractivity contribution in [2.45, 2.75) is 53.5 Å². The third kappa shape index (κ3) is 4.51. The molecule has 0 aromatic heterocycles. The summed E-state index contributed by atoms with van der Waals surface area (Å²) in [6.45, 7) is 11.9. The van der Waals surface area contributed by atoms with Crippen LogP contribution in [0.2, 0.25) is 0 Å². The van der Waals surface area contributed by atoms with E-state index in [-0.39, 0.29) is 22.4 Å². The number of halogens is 1. The van der Waals surface area contributed by atoms with Crippen molar-refractivity contribution in [3.63, 3.8) is 0 Å². The number of nitrogens with one attached hydrogen (secondary N) is 1. The Kier molecular flexibility index (Phi) is 4.47. The van der Waals surface area contributed by atoms with Gasteiger partial charge in [-0.1, -0.05) is 20.8 Å². The Morgan fingerprint density at radius 2 is 1.80 bits per heavy atom. The molecule has 0 unspecified atom stereocenters. The van der Waals surface area contributed by atoms with Crippen LogP contribution in [0.3, 0.4) is 0 Å². The van der Waals surface area contributed by atoms with E-state index in [0.717, 1.165) is 6.42 Å². The Hall–Kier alpha value is -1.58. The summed E-state index contributed by atoms with van der Waals surface area (Å²) < 4.78 is 13.6. The number of hydrogen-bond donors (Lipinski definition) is 2. The lowest BCUT2D eigenvalue weighted by atomic mass is 9.81. The zero-order valence-corrected chi connectivity index (χ0v) is 13.2. The SMILES string of the molecule is Cc1c(N)cc(C(=O)NC(C)(C)CC(C)(C)C)cc1F. The van der Waals surface area contributed by atoms with Crippen LogP contribution in [0.4, 0.5) is 10.1 Å². The summed E-state index contributed by atoms with van der Waals surface area (Å²) in [6, 6.07) is 2.75. The minimum Gasteiger partial charge on any atom is -0.398 e. The highest BCUT2D eigenvalue weighted by atomic mass is 19.1. The van der Waals surface area contributed by atoms with E-state index in [2.05, 4.69) is 26.1 Å². The molecule has 1 amide bonds. The molecule has 3 nitrogen and oxygen atoms in total. The van der Waals surface area contributed by atoms with Crippen molar-refractivity contribution < 1.29 is 9.18 Å². The van der Waals surface area contributed by atoms with Crippen LogP contribution in [-0.4, -0.2) is 11.4 Å². The number of nitrogens with two attached hydrogens (primary N) is 1. The number of carbonyl (C=O) groups excluding carboxylic acids is 1. The van der Waals surface area contributed by atoms with Gasteiger partial charge in [-0.15, -0.1) is 0 Å². The van der Waals surface area contributed by atoms with Crippen molar-refractivity contribution in [2.24, 2.45) is 5.41 Å². The van der Waals surface area contributed by atoms with Crippen molar-refractivity contribution in [1.82, 2.24) is 5.32 Å². The summed E-state index contributed by atoms with van der Waals surface area (Å²) in [5.41, 5.74) is 6.35. The first kappa shape index (κ1) is 16.5. The van der Waals surface area contributed by atoms with Crippen LogP contribution in [-0.2, 0) is 0 Å². The zero-order valence-electron chi connectivity index (χ0n) is 13.2. The molecule has 0 radical (unpaired) electrons. The molecule has 3 N–H and O–H groups in total. The normalized spacial score (nSPS) is 12.3. The van der Waals surface area contributed by atoms with Crippen LogP contribution in [0.25, 0.3) is 0 Å². The van der Waals surface area contributed by atoms with E-state index in [9.17, 15) is 9.18 Å². The van der Waals surface area contributed by atoms with Gasteiger partial charge < -0.3 is 11.1 Å². The van der Waals surface area contributed by atoms with E-state index < -0.39 is 5.82 Å². The first-order valence-corrected chi connectivity index (χ1v) is 6.79. The Bertz CT molecular complexity index is 493. The van der Waals surface area contributed by atoms with Gasteiger partial charge in [0.15, 0.2) is 0 Å². The first-order valence-electron chi connectivity index (χ1n) is 6.79. The molecule has 0 fully saturated rings. The third-order valence-electron chi connectivity index (χ3n) is 3.07. The molecule has 0 aliphatic carbocycles. The minimum absolute atomic E-state index is 0.0916. The lowest BCUT2D eigenvalue weighted by Crippen LogP contribution is -2.45. The smallest absolute Gasteiger partial charge is 0.251 e. The van der Waals surface area contributed by atoms with Crippen LogP contribution in [0.15, 0.2) is 12.1 Å². The van der Waals surface area contributed by atoms with Gasteiger partial charge in [0.05, 0.1) is 0 Å². The Balaban J connectivity index is 2.92. The highest BCUT2D eigenvalue weighted by molar-refractivity contribution is 5.95. The van der Waals surface area contributed by atoms with E-state index in [0.29, 0.717) is 11.3 Å². The van der Waals surface area contributed by atoms with Crippen molar-refractivity contribution in [3.05, 3.63) is 29.1 Å². The maximum atomic E-state index is 13.6. The summed E-state index contributed by atoms with van der Waals surface area (Å²) in [4.78, 5) is 12.2. The summed E-state index contributed by atoms with van der Waals surface area (Å²) in [6.07, 6.45) is 0.815. The van der Waals surface area contributed by atoms with E-state index in [4.69, 9.17) is 5.73 Å². The topological polar surface area (TPSA) is 55.1 Å². The molecule has 1 aromatic rings. The quantitative estimate of drug-likeness (QED) is 0.830. The molecule has 0 saturated carbocycles. The second-order valence-corrected chi connectivity index (χ2v) is 7.25. The number of benzene rings is 1. The number of anilines is 1. The average Bonchev–Trinajstić information content (AvgIpc) is 2.20. The van der Waals surface area contributed by atoms with Gasteiger partial charge in [0, 0.05) is 22.4 Å². The molecule has 20 heavy (non-hydrogen) atoms. The van der Waals surface area contributed by atoms with E-state index in [1.54, 1.807) is 6.92 Å². The maximum absolute atomic E-state index is 13.6. The Morgan fingerprint density at radius 3 is 2.25 bits per heavy atom. The number of nitrogen functional groups attached to an aromatic ring is 1. The molecule has 1 rings (SSSR count). The lowest BCUT2D eigenvalue weighted by molar-refractivity contribution is 0.0891. The molecule has 0 bridgehead atoms. The number of amides is 1. The maximum Gasteiger partial charge on any atom is 0.251 e. The van der Waals surface area contributed by atoms with Crippen LogP contribution < -0.4 is 11.1 Å². The standard InChI is InChI=1S/C16H25FN2O/c1-10-12(17)7-11(8-13(10)18)14(20)19-16(5,6)9-15(2,3)4/h7-8H,9,18H2,1-6H3,(H,19,20). The zero-order chi connectivity index (χ0) is 15.7. The van der Waals surface area contributed by atoms with Gasteiger partial charge >= 0.3 is 0 Å². The molecule has 0 atom stereocenters. The van der Waals surface area contributed by atoms with Gasteiger partial charge in [0.25, 0.3) is 5.91 Å². The molecule has 0 aliphatic heterocycles. The van der Waals surface area contributed by atoms with Crippen LogP contribution >= 0.6 is 0 Å². The second kappa shape index (κ2) is 5.43. The summed E-state index contributed by atoms with van der Waals surface area (Å²) in [5.74, 6) is -0.756. The molecule has 0 saturated heterocycles. The van der Waals surface area contributed by atoms with E-state index >= 15 is 0 Å². The number of carbonyl (C=O) groups is 1. The van der Waals surface area contributed by atoms with E-state index in [1.165, 1.54) is 12.1 Å². The molecular formula is C16H25FN2O. The number of hydrogen-bond acceptors (Lipinski definition) is 2. The Labute approximate surface area is 120 Å². The molecule has 4 heteroatoms. The van der Waals surface area contributed by atoms with E-state index in [1.807, 2.05) is 13.8 Å². The third-order valence-corrected chi connectivity index (χ3v) is 3.07. The average molecular weight is 280 g/mol. The highest BCUT2D eigenvalue weighted by Gasteiger charge is 2.27. The molecule has 0 spiro atoms. The van der Waals surface area contributed by atoms with Crippen molar-refractivity contribution in [2.75, 3.05) is 5.73 Å². The van der Waals surface area contributed by atoms with Crippen LogP contribution in [0.1, 0.15) is 57.0 Å². The molecule has 0 heterocycles. The fraction of sp³-hybridized carbons (Fsp3) is 0.562. The summed E-state index contributed by atoms with van der Waals surface area (Å²) in [7, 11) is 0. The van der Waals surface area contributed by atoms with Gasteiger partial charge in [-0.25, -0.2) is 4.39 Å². The molecule has 112 valence electrons. The molecule has 1 aromatic carbocycles. The van der Waals surface area contributed by atoms with Crippen molar-refractivity contribution in [3.8, 4) is 0 Å². The molecule has 0 aliphatic rings. The summed E-state index contributed by atoms with van der Waals surface area (Å²) in [5, 5.41) is 2.94. The Morgan fingerprint density at radius 1 is 1.25 bits per heavy atom. The molecular weight excluding hydrogens is 255 g/mol. The first-order chi connectivity index (χ1) is 8.91.